The van der Waals surface area contributed by atoms with Gasteiger partial charge >= 0.3 is 0 Å². The lowest BCUT2D eigenvalue weighted by Gasteiger charge is -1.94. The normalized spacial score (nSPS) is 9.55. The third kappa shape index (κ3) is 1.32. The van der Waals surface area contributed by atoms with Gasteiger partial charge in [-0.1, -0.05) is 0 Å². The number of nitrogens with one attached hydrogen (secondary N) is 2. The molecule has 0 spiro atoms. The Balaban J connectivity index is 3.36. The van der Waals surface area contributed by atoms with Gasteiger partial charge in [0.1, 0.15) is 11.9 Å². The van der Waals surface area contributed by atoms with E-state index in [9.17, 15) is 4.79 Å². The molecular weight excluding hydrogens is 144 g/mol. The molecule has 4 N–H and O–H groups in total. The largest absolute Gasteiger partial charge is 0.312 e. The molecule has 5 heteroatoms. The molecule has 0 radical (unpaired) electrons. The Hall–Kier alpha value is -1.49. The Morgan fingerprint density at radius 1 is 1.82 bits per heavy atom. The molecule has 58 valence electrons. The minimum absolute atomic E-state index is 0.275. The first-order chi connectivity index (χ1) is 5.29. The quantitative estimate of drug-likeness (QED) is 0.456. The fraction of sp³-hybridized carbons (Fsp3) is 0.167. The first kappa shape index (κ1) is 7.62. The Bertz CT molecular complexity index is 317. The molecule has 0 bridgehead atoms. The summed E-state index contributed by atoms with van der Waals surface area (Å²) >= 11 is 0. The van der Waals surface area contributed by atoms with Crippen LogP contribution in [0.15, 0.2) is 11.1 Å². The number of nitrogens with two attached hydrogens (primary N) is 1. The number of H-pyrrole nitrogens is 1. The van der Waals surface area contributed by atoms with E-state index in [1.54, 1.807) is 12.4 Å². The molecule has 0 saturated heterocycles. The Morgan fingerprint density at radius 2 is 2.55 bits per heavy atom. The average Bonchev–Trinajstić information content (AvgIpc) is 2.04. The summed E-state index contributed by atoms with van der Waals surface area (Å²) in [5.74, 6) is 0.545. The van der Waals surface area contributed by atoms with Crippen molar-refractivity contribution in [3.8, 4) is 0 Å². The smallest absolute Gasteiger partial charge is 0.265 e. The van der Waals surface area contributed by atoms with E-state index in [-0.39, 0.29) is 5.56 Å². The van der Waals surface area contributed by atoms with Crippen molar-refractivity contribution < 1.29 is 5.32 Å². The molecule has 0 aliphatic heterocycles. The van der Waals surface area contributed by atoms with Crippen LogP contribution in [0, 0.1) is 5.41 Å². The van der Waals surface area contributed by atoms with Gasteiger partial charge in [0.2, 0.25) is 5.82 Å². The molecule has 5 nitrogen and oxygen atoms in total. The molecule has 0 unspecified atom stereocenters. The maximum absolute atomic E-state index is 11.0. The van der Waals surface area contributed by atoms with Crippen LogP contribution in [0.25, 0.3) is 0 Å². The highest BCUT2D eigenvalue weighted by Gasteiger charge is 2.06. The van der Waals surface area contributed by atoms with Crippen molar-refractivity contribution in [3.05, 3.63) is 22.2 Å². The van der Waals surface area contributed by atoms with Crippen molar-refractivity contribution in [2.75, 3.05) is 7.05 Å². The van der Waals surface area contributed by atoms with Crippen molar-refractivity contribution >= 4 is 12.0 Å². The van der Waals surface area contributed by atoms with Crippen LogP contribution in [0.3, 0.4) is 0 Å². The summed E-state index contributed by atoms with van der Waals surface area (Å²) in [6, 6.07) is 0. The number of hydrogen-bond donors (Lipinski definition) is 3. The van der Waals surface area contributed by atoms with Crippen LogP contribution in [0.2, 0.25) is 0 Å². The van der Waals surface area contributed by atoms with E-state index in [0.29, 0.717) is 11.4 Å². The van der Waals surface area contributed by atoms with Crippen LogP contribution < -0.4 is 10.9 Å². The van der Waals surface area contributed by atoms with Gasteiger partial charge in [0.05, 0.1) is 7.05 Å². The highest BCUT2D eigenvalue weighted by molar-refractivity contribution is 5.80. The fourth-order valence-corrected chi connectivity index (χ4v) is 0.794. The lowest BCUT2D eigenvalue weighted by atomic mass is 10.3. The summed E-state index contributed by atoms with van der Waals surface area (Å²) < 4.78 is 0. The number of aromatic amines is 1. The zero-order valence-corrected chi connectivity index (χ0v) is 6.09. The molecule has 1 aromatic heterocycles. The van der Waals surface area contributed by atoms with Gasteiger partial charge in [-0.25, -0.2) is 0 Å². The molecule has 0 aliphatic rings. The van der Waals surface area contributed by atoms with E-state index >= 15 is 0 Å². The van der Waals surface area contributed by atoms with Crippen LogP contribution >= 0.6 is 0 Å². The third-order valence-corrected chi connectivity index (χ3v) is 1.34. The molecule has 0 aromatic carbocycles. The van der Waals surface area contributed by atoms with E-state index in [1.807, 2.05) is 0 Å². The maximum Gasteiger partial charge on any atom is 0.265 e. The molecular formula is C6H9N4O+. The molecule has 0 atom stereocenters. The topological polar surface area (TPSA) is 86.2 Å². The second-order valence-electron chi connectivity index (χ2n) is 1.96. The predicted molar refractivity (Wildman–Crippen MR) is 40.3 cm³/mol. The summed E-state index contributed by atoms with van der Waals surface area (Å²) in [5, 5.41) is 8.61. The van der Waals surface area contributed by atoms with Crippen LogP contribution in [0.1, 0.15) is 5.56 Å². The molecule has 0 saturated carbocycles. The lowest BCUT2D eigenvalue weighted by molar-refractivity contribution is -0.543. The monoisotopic (exact) mass is 153 g/mol. The Labute approximate surface area is 63.0 Å². The van der Waals surface area contributed by atoms with Gasteiger partial charge in [-0.15, -0.1) is 0 Å². The molecule has 1 heterocycles. The molecule has 0 fully saturated rings. The molecule has 11 heavy (non-hydrogen) atoms. The van der Waals surface area contributed by atoms with Gasteiger partial charge in [-0.2, -0.15) is 4.98 Å². The van der Waals surface area contributed by atoms with Crippen LogP contribution in [0.5, 0.6) is 0 Å². The van der Waals surface area contributed by atoms with E-state index in [1.165, 1.54) is 6.33 Å². The van der Waals surface area contributed by atoms with Crippen LogP contribution in [-0.4, -0.2) is 23.2 Å². The van der Waals surface area contributed by atoms with E-state index in [0.717, 1.165) is 6.21 Å². The highest BCUT2D eigenvalue weighted by atomic mass is 16.1. The van der Waals surface area contributed by atoms with Gasteiger partial charge in [0.25, 0.3) is 5.56 Å². The first-order valence-corrected chi connectivity index (χ1v) is 3.17. The van der Waals surface area contributed by atoms with Crippen molar-refractivity contribution in [1.82, 2.24) is 9.97 Å². The van der Waals surface area contributed by atoms with E-state index < -0.39 is 0 Å². The molecule has 0 amide bonds. The summed E-state index contributed by atoms with van der Waals surface area (Å²) in [6.45, 7) is 0. The van der Waals surface area contributed by atoms with E-state index in [2.05, 4.69) is 9.97 Å². The number of quaternary nitrogens is 1. The zero-order chi connectivity index (χ0) is 8.27. The van der Waals surface area contributed by atoms with Crippen molar-refractivity contribution in [2.24, 2.45) is 0 Å². The third-order valence-electron chi connectivity index (χ3n) is 1.34. The fourth-order valence-electron chi connectivity index (χ4n) is 0.794. The molecule has 0 aliphatic carbocycles. The minimum Gasteiger partial charge on any atom is -0.312 e. The summed E-state index contributed by atoms with van der Waals surface area (Å²) in [7, 11) is 1.77. The van der Waals surface area contributed by atoms with Crippen molar-refractivity contribution in [2.45, 2.75) is 0 Å². The Kier molecular flexibility index (Phi) is 2.12. The van der Waals surface area contributed by atoms with Gasteiger partial charge in [-0.3, -0.25) is 10.1 Å². The SMILES string of the molecule is C[NH2+]c1nc[nH]c(=O)c1C=N. The highest BCUT2D eigenvalue weighted by Crippen LogP contribution is 1.91. The van der Waals surface area contributed by atoms with Gasteiger partial charge < -0.3 is 10.4 Å². The van der Waals surface area contributed by atoms with Crippen LogP contribution in [-0.2, 0) is 0 Å². The standard InChI is InChI=1S/C6H8N4O/c1-8-5-4(2-7)6(11)10-3-9-5/h2-3,7H,1H3,(H2,8,9,10,11)/p+1. The summed E-state index contributed by atoms with van der Waals surface area (Å²) in [4.78, 5) is 17.2. The van der Waals surface area contributed by atoms with Crippen molar-refractivity contribution in [3.63, 3.8) is 0 Å². The number of rotatable bonds is 2. The van der Waals surface area contributed by atoms with Gasteiger partial charge in [0, 0.05) is 6.21 Å². The number of nitrogens with zero attached hydrogens (tertiary/aromatic N) is 1. The zero-order valence-electron chi connectivity index (χ0n) is 6.09. The number of hydrogen-bond acceptors (Lipinski definition) is 3. The molecule has 1 aromatic rings. The first-order valence-electron chi connectivity index (χ1n) is 3.17. The second kappa shape index (κ2) is 3.07. The number of aromatic nitrogens is 2. The van der Waals surface area contributed by atoms with Gasteiger partial charge in [0.15, 0.2) is 0 Å². The Morgan fingerprint density at radius 3 is 3.00 bits per heavy atom. The van der Waals surface area contributed by atoms with Crippen molar-refractivity contribution in [1.29, 1.82) is 5.41 Å². The van der Waals surface area contributed by atoms with Gasteiger partial charge in [-0.05, 0) is 0 Å². The maximum atomic E-state index is 11.0. The van der Waals surface area contributed by atoms with Crippen LogP contribution in [0.4, 0.5) is 5.82 Å². The molecule has 1 rings (SSSR count). The summed E-state index contributed by atoms with van der Waals surface area (Å²) in [6.07, 6.45) is 2.33. The van der Waals surface area contributed by atoms with E-state index in [4.69, 9.17) is 5.41 Å². The average molecular weight is 153 g/mol. The second-order valence-corrected chi connectivity index (χ2v) is 1.96. The predicted octanol–water partition coefficient (Wildman–Crippen LogP) is -1.41. The minimum atomic E-state index is -0.275. The lowest BCUT2D eigenvalue weighted by Crippen LogP contribution is -2.74. The summed E-state index contributed by atoms with van der Waals surface area (Å²) in [5.41, 5.74) is 0.0260.